The highest BCUT2D eigenvalue weighted by molar-refractivity contribution is 5.76. The minimum Gasteiger partial charge on any atom is -0.480 e. The van der Waals surface area contributed by atoms with Crippen molar-refractivity contribution in [2.45, 2.75) is 12.6 Å². The second-order valence-corrected chi connectivity index (χ2v) is 6.37. The normalized spacial score (nSPS) is 16.8. The van der Waals surface area contributed by atoms with Gasteiger partial charge in [0.1, 0.15) is 19.0 Å². The Hall–Kier alpha value is -3.25. The Morgan fingerprint density at radius 3 is 2.74 bits per heavy atom. The Morgan fingerprint density at radius 1 is 1.15 bits per heavy atom. The minimum atomic E-state index is -0.936. The molecular weight excluding hydrogens is 342 g/mol. The lowest BCUT2D eigenvalue weighted by Gasteiger charge is -2.27. The van der Waals surface area contributed by atoms with Gasteiger partial charge in [-0.1, -0.05) is 54.6 Å². The molecule has 3 aromatic rings. The van der Waals surface area contributed by atoms with Crippen molar-refractivity contribution < 1.29 is 14.6 Å². The number of hydrogen-bond donors (Lipinski definition) is 1. The van der Waals surface area contributed by atoms with Crippen molar-refractivity contribution in [1.82, 2.24) is 14.9 Å². The summed E-state index contributed by atoms with van der Waals surface area (Å²) in [5.74, 6) is -0.593. The molecule has 1 aliphatic heterocycles. The first kappa shape index (κ1) is 17.2. The number of carboxylic acids is 1. The van der Waals surface area contributed by atoms with Crippen molar-refractivity contribution in [1.29, 1.82) is 0 Å². The predicted molar refractivity (Wildman–Crippen MR) is 100 cm³/mol. The second-order valence-electron chi connectivity index (χ2n) is 6.37. The van der Waals surface area contributed by atoms with Gasteiger partial charge in [0.05, 0.1) is 5.56 Å². The molecule has 0 spiro atoms. The van der Waals surface area contributed by atoms with Crippen LogP contribution in [0.4, 0.5) is 0 Å². The van der Waals surface area contributed by atoms with Gasteiger partial charge in [-0.2, -0.15) is 0 Å². The topological polar surface area (TPSA) is 75.5 Å². The van der Waals surface area contributed by atoms with Gasteiger partial charge in [0.2, 0.25) is 5.88 Å². The number of ether oxygens (including phenoxy) is 1. The van der Waals surface area contributed by atoms with Crippen LogP contribution in [-0.2, 0) is 11.3 Å². The van der Waals surface area contributed by atoms with E-state index < -0.39 is 12.0 Å². The monoisotopic (exact) mass is 361 g/mol. The molecule has 1 aromatic heterocycles. The van der Waals surface area contributed by atoms with Gasteiger partial charge in [-0.15, -0.1) is 0 Å². The fourth-order valence-corrected chi connectivity index (χ4v) is 3.46. The van der Waals surface area contributed by atoms with E-state index in [-0.39, 0.29) is 0 Å². The third kappa shape index (κ3) is 3.52. The van der Waals surface area contributed by atoms with Crippen LogP contribution in [-0.4, -0.2) is 39.1 Å². The first-order valence-corrected chi connectivity index (χ1v) is 8.77. The molecule has 1 N–H and O–H groups in total. The fourth-order valence-electron chi connectivity index (χ4n) is 3.46. The zero-order chi connectivity index (χ0) is 18.6. The second kappa shape index (κ2) is 7.55. The molecule has 2 aromatic carbocycles. The van der Waals surface area contributed by atoms with E-state index >= 15 is 0 Å². The van der Waals surface area contributed by atoms with Gasteiger partial charge >= 0.3 is 5.97 Å². The predicted octanol–water partition coefficient (Wildman–Crippen LogP) is 3.16. The highest BCUT2D eigenvalue weighted by atomic mass is 16.5. The van der Waals surface area contributed by atoms with Crippen molar-refractivity contribution >= 4 is 5.97 Å². The summed E-state index contributed by atoms with van der Waals surface area (Å²) in [5.41, 5.74) is 3.75. The zero-order valence-electron chi connectivity index (χ0n) is 14.7. The molecule has 1 unspecified atom stereocenters. The molecule has 0 saturated heterocycles. The Morgan fingerprint density at radius 2 is 1.93 bits per heavy atom. The van der Waals surface area contributed by atoms with Gasteiger partial charge in [-0.05, 0) is 16.7 Å². The average Bonchev–Trinajstić information content (AvgIpc) is 2.88. The Balaban J connectivity index is 1.71. The van der Waals surface area contributed by atoms with Crippen LogP contribution in [0, 0.1) is 0 Å². The van der Waals surface area contributed by atoms with Crippen molar-refractivity contribution in [3.8, 4) is 17.0 Å². The summed E-state index contributed by atoms with van der Waals surface area (Å²) in [5, 5.41) is 9.89. The molecule has 27 heavy (non-hydrogen) atoms. The van der Waals surface area contributed by atoms with Crippen molar-refractivity contribution in [3.63, 3.8) is 0 Å². The summed E-state index contributed by atoms with van der Waals surface area (Å²) in [6.07, 6.45) is 2.90. The Bertz CT molecular complexity index is 946. The van der Waals surface area contributed by atoms with E-state index in [2.05, 4.69) is 28.2 Å². The molecule has 0 radical (unpaired) electrons. The third-order valence-corrected chi connectivity index (χ3v) is 4.69. The molecule has 2 heterocycles. The summed E-state index contributed by atoms with van der Waals surface area (Å²) in [4.78, 5) is 22.1. The van der Waals surface area contributed by atoms with E-state index in [1.165, 1.54) is 12.5 Å². The van der Waals surface area contributed by atoms with Crippen LogP contribution in [0.15, 0.2) is 67.1 Å². The lowest BCUT2D eigenvalue weighted by Crippen LogP contribution is -2.34. The Labute approximate surface area is 157 Å². The number of carboxylic acid groups (broad SMARTS) is 1. The highest BCUT2D eigenvalue weighted by Gasteiger charge is 2.33. The molecule has 0 bridgehead atoms. The lowest BCUT2D eigenvalue weighted by molar-refractivity contribution is -0.143. The summed E-state index contributed by atoms with van der Waals surface area (Å²) in [6.45, 7) is 1.34. The third-order valence-electron chi connectivity index (χ3n) is 4.69. The smallest absolute Gasteiger partial charge is 0.325 e. The molecule has 136 valence electrons. The molecule has 1 aliphatic rings. The maximum Gasteiger partial charge on any atom is 0.325 e. The standard InChI is InChI=1S/C21H19N3O3/c25-21(26)19-18-12-22-14-23-20(18)27-11-10-24(19)13-16-8-4-5-9-17(16)15-6-2-1-3-7-15/h1-9,12,14,19H,10-11,13H2,(H,25,26). The van der Waals surface area contributed by atoms with Crippen molar-refractivity contribution in [3.05, 3.63) is 78.2 Å². The zero-order valence-corrected chi connectivity index (χ0v) is 14.7. The SMILES string of the molecule is O=C(O)C1c2cncnc2OCCN1Cc1ccccc1-c1ccccc1. The van der Waals surface area contributed by atoms with E-state index in [4.69, 9.17) is 4.74 Å². The van der Waals surface area contributed by atoms with E-state index in [9.17, 15) is 9.90 Å². The number of fused-ring (bicyclic) bond motifs is 1. The van der Waals surface area contributed by atoms with Crippen LogP contribution in [0.5, 0.6) is 5.88 Å². The molecule has 6 nitrogen and oxygen atoms in total. The van der Waals surface area contributed by atoms with E-state index in [0.29, 0.717) is 31.1 Å². The largest absolute Gasteiger partial charge is 0.480 e. The maximum absolute atomic E-state index is 12.1. The van der Waals surface area contributed by atoms with E-state index in [1.54, 1.807) is 0 Å². The molecule has 0 fully saturated rings. The van der Waals surface area contributed by atoms with Gasteiger partial charge in [-0.3, -0.25) is 9.69 Å². The number of aliphatic carboxylic acids is 1. The number of rotatable bonds is 4. The number of benzene rings is 2. The van der Waals surface area contributed by atoms with Crippen molar-refractivity contribution in [2.75, 3.05) is 13.2 Å². The van der Waals surface area contributed by atoms with Crippen LogP contribution in [0.3, 0.4) is 0 Å². The molecule has 0 amide bonds. The van der Waals surface area contributed by atoms with Gasteiger partial charge in [0, 0.05) is 19.3 Å². The summed E-state index contributed by atoms with van der Waals surface area (Å²) in [7, 11) is 0. The lowest BCUT2D eigenvalue weighted by atomic mass is 9.98. The van der Waals surface area contributed by atoms with E-state index in [0.717, 1.165) is 16.7 Å². The van der Waals surface area contributed by atoms with Gasteiger partial charge in [0.25, 0.3) is 0 Å². The number of aromatic nitrogens is 2. The molecule has 6 heteroatoms. The molecule has 0 aliphatic carbocycles. The average molecular weight is 361 g/mol. The quantitative estimate of drug-likeness (QED) is 0.769. The molecule has 1 atom stereocenters. The van der Waals surface area contributed by atoms with E-state index in [1.807, 2.05) is 41.3 Å². The number of nitrogens with zero attached hydrogens (tertiary/aromatic N) is 3. The van der Waals surface area contributed by atoms with Gasteiger partial charge in [-0.25, -0.2) is 9.97 Å². The van der Waals surface area contributed by atoms with Crippen LogP contribution in [0.2, 0.25) is 0 Å². The fraction of sp³-hybridized carbons (Fsp3) is 0.190. The van der Waals surface area contributed by atoms with Crippen LogP contribution >= 0.6 is 0 Å². The van der Waals surface area contributed by atoms with Crippen LogP contribution in [0.25, 0.3) is 11.1 Å². The Kier molecular flexibility index (Phi) is 4.80. The highest BCUT2D eigenvalue weighted by Crippen LogP contribution is 2.33. The van der Waals surface area contributed by atoms with Crippen molar-refractivity contribution in [2.24, 2.45) is 0 Å². The molecular formula is C21H19N3O3. The van der Waals surface area contributed by atoms with Crippen LogP contribution in [0.1, 0.15) is 17.2 Å². The maximum atomic E-state index is 12.1. The van der Waals surface area contributed by atoms with Gasteiger partial charge < -0.3 is 9.84 Å². The summed E-state index contributed by atoms with van der Waals surface area (Å²) >= 11 is 0. The molecule has 0 saturated carbocycles. The summed E-state index contributed by atoms with van der Waals surface area (Å²) in [6, 6.07) is 17.3. The number of carbonyl (C=O) groups is 1. The number of hydrogen-bond acceptors (Lipinski definition) is 5. The van der Waals surface area contributed by atoms with Gasteiger partial charge in [0.15, 0.2) is 0 Å². The minimum absolute atomic E-state index is 0.344. The first-order chi connectivity index (χ1) is 13.2. The first-order valence-electron chi connectivity index (χ1n) is 8.77. The summed E-state index contributed by atoms with van der Waals surface area (Å²) < 4.78 is 5.66. The molecule has 4 rings (SSSR count). The van der Waals surface area contributed by atoms with Crippen LogP contribution < -0.4 is 4.74 Å².